The van der Waals surface area contributed by atoms with E-state index in [2.05, 4.69) is 10.2 Å². The molecule has 7 nitrogen and oxygen atoms in total. The predicted octanol–water partition coefficient (Wildman–Crippen LogP) is 0.687. The molecule has 0 N–H and O–H groups in total. The van der Waals surface area contributed by atoms with Crippen molar-refractivity contribution < 1.29 is 13.2 Å². The van der Waals surface area contributed by atoms with E-state index in [1.807, 2.05) is 13.8 Å². The van der Waals surface area contributed by atoms with Crippen molar-refractivity contribution in [2.75, 3.05) is 18.1 Å². The zero-order valence-electron chi connectivity index (χ0n) is 12.6. The number of pyridine rings is 1. The quantitative estimate of drug-likeness (QED) is 0.830. The molecule has 1 aliphatic rings. The van der Waals surface area contributed by atoms with Gasteiger partial charge in [0.2, 0.25) is 0 Å². The highest BCUT2D eigenvalue weighted by atomic mass is 32.2. The van der Waals surface area contributed by atoms with E-state index in [4.69, 9.17) is 0 Å². The molecule has 0 spiro atoms. The van der Waals surface area contributed by atoms with E-state index in [0.29, 0.717) is 24.2 Å². The van der Waals surface area contributed by atoms with Gasteiger partial charge < -0.3 is 4.90 Å². The Morgan fingerprint density at radius 2 is 2.23 bits per heavy atom. The van der Waals surface area contributed by atoms with Gasteiger partial charge >= 0.3 is 0 Å². The number of amides is 1. The Bertz CT molecular complexity index is 828. The first-order chi connectivity index (χ1) is 10.4. The lowest BCUT2D eigenvalue weighted by molar-refractivity contribution is 0.0708. The van der Waals surface area contributed by atoms with Crippen LogP contribution >= 0.6 is 0 Å². The van der Waals surface area contributed by atoms with Crippen molar-refractivity contribution in [2.45, 2.75) is 26.3 Å². The van der Waals surface area contributed by atoms with Crippen molar-refractivity contribution in [1.29, 1.82) is 0 Å². The molecule has 3 rings (SSSR count). The molecule has 0 radical (unpaired) electrons. The average Bonchev–Trinajstić information content (AvgIpc) is 3.02. The van der Waals surface area contributed by atoms with Gasteiger partial charge in [-0.2, -0.15) is 0 Å². The van der Waals surface area contributed by atoms with Gasteiger partial charge in [0.25, 0.3) is 5.91 Å². The Balaban J connectivity index is 1.89. The van der Waals surface area contributed by atoms with Crippen molar-refractivity contribution in [3.63, 3.8) is 0 Å². The van der Waals surface area contributed by atoms with Gasteiger partial charge in [0.05, 0.1) is 11.5 Å². The average molecular weight is 322 g/mol. The number of carbonyl (C=O) groups excluding carboxylic acids is 1. The SMILES string of the molecule is CCN(C(=O)c1ccn2c(C)nnc2c1)C1CCS(=O)(=O)C1. The van der Waals surface area contributed by atoms with Crippen molar-refractivity contribution in [2.24, 2.45) is 0 Å². The summed E-state index contributed by atoms with van der Waals surface area (Å²) in [7, 11) is -3.02. The lowest BCUT2D eigenvalue weighted by Gasteiger charge is -2.26. The number of hydrogen-bond donors (Lipinski definition) is 0. The van der Waals surface area contributed by atoms with E-state index in [0.717, 1.165) is 5.82 Å². The molecule has 1 saturated heterocycles. The summed E-state index contributed by atoms with van der Waals surface area (Å²) in [6.07, 6.45) is 2.27. The van der Waals surface area contributed by atoms with Crippen LogP contribution in [0.15, 0.2) is 18.3 Å². The van der Waals surface area contributed by atoms with E-state index in [1.54, 1.807) is 27.6 Å². The molecule has 2 aromatic heterocycles. The van der Waals surface area contributed by atoms with E-state index in [9.17, 15) is 13.2 Å². The van der Waals surface area contributed by atoms with Crippen LogP contribution in [0.2, 0.25) is 0 Å². The number of hydrogen-bond acceptors (Lipinski definition) is 5. The molecule has 8 heteroatoms. The molecule has 0 bridgehead atoms. The minimum atomic E-state index is -3.02. The minimum absolute atomic E-state index is 0.0544. The van der Waals surface area contributed by atoms with Crippen molar-refractivity contribution in [3.8, 4) is 0 Å². The van der Waals surface area contributed by atoms with Gasteiger partial charge in [-0.1, -0.05) is 0 Å². The van der Waals surface area contributed by atoms with Gasteiger partial charge in [-0.25, -0.2) is 8.42 Å². The molecule has 118 valence electrons. The lowest BCUT2D eigenvalue weighted by atomic mass is 10.1. The van der Waals surface area contributed by atoms with E-state index < -0.39 is 9.84 Å². The normalized spacial score (nSPS) is 20.4. The molecule has 0 aromatic carbocycles. The van der Waals surface area contributed by atoms with Gasteiger partial charge in [0.15, 0.2) is 15.5 Å². The fourth-order valence-electron chi connectivity index (χ4n) is 2.90. The zero-order valence-corrected chi connectivity index (χ0v) is 13.4. The highest BCUT2D eigenvalue weighted by Crippen LogP contribution is 2.20. The summed E-state index contributed by atoms with van der Waals surface area (Å²) in [5, 5.41) is 7.98. The van der Waals surface area contributed by atoms with Crippen molar-refractivity contribution in [1.82, 2.24) is 19.5 Å². The second-order valence-corrected chi connectivity index (χ2v) is 7.77. The highest BCUT2D eigenvalue weighted by Gasteiger charge is 2.34. The van der Waals surface area contributed by atoms with Crippen LogP contribution in [0.3, 0.4) is 0 Å². The first-order valence-corrected chi connectivity index (χ1v) is 9.06. The summed E-state index contributed by atoms with van der Waals surface area (Å²) < 4.78 is 25.1. The Morgan fingerprint density at radius 3 is 2.86 bits per heavy atom. The third kappa shape index (κ3) is 2.58. The lowest BCUT2D eigenvalue weighted by Crippen LogP contribution is -2.41. The van der Waals surface area contributed by atoms with Gasteiger partial charge in [-0.15, -0.1) is 10.2 Å². The molecule has 1 unspecified atom stereocenters. The van der Waals surface area contributed by atoms with Crippen LogP contribution < -0.4 is 0 Å². The Kier molecular flexibility index (Phi) is 3.64. The summed E-state index contributed by atoms with van der Waals surface area (Å²) in [5.74, 6) is 0.805. The number of aromatic nitrogens is 3. The summed E-state index contributed by atoms with van der Waals surface area (Å²) >= 11 is 0. The third-order valence-corrected chi connectivity index (χ3v) is 5.83. The molecule has 0 saturated carbocycles. The summed E-state index contributed by atoms with van der Waals surface area (Å²) in [4.78, 5) is 14.3. The first-order valence-electron chi connectivity index (χ1n) is 7.24. The minimum Gasteiger partial charge on any atom is -0.335 e. The van der Waals surface area contributed by atoms with Crippen LogP contribution in [-0.4, -0.2) is 57.9 Å². The summed E-state index contributed by atoms with van der Waals surface area (Å²) in [6, 6.07) is 3.17. The van der Waals surface area contributed by atoms with Gasteiger partial charge in [0.1, 0.15) is 5.82 Å². The fourth-order valence-corrected chi connectivity index (χ4v) is 4.63. The van der Waals surface area contributed by atoms with E-state index >= 15 is 0 Å². The molecular formula is C14H18N4O3S. The summed E-state index contributed by atoms with van der Waals surface area (Å²) in [6.45, 7) is 4.18. The molecule has 1 amide bonds. The molecule has 1 fully saturated rings. The number of aryl methyl sites for hydroxylation is 1. The molecule has 3 heterocycles. The highest BCUT2D eigenvalue weighted by molar-refractivity contribution is 7.91. The van der Waals surface area contributed by atoms with Crippen LogP contribution in [0.4, 0.5) is 0 Å². The number of carbonyl (C=O) groups is 1. The van der Waals surface area contributed by atoms with Crippen LogP contribution in [-0.2, 0) is 9.84 Å². The largest absolute Gasteiger partial charge is 0.335 e. The topological polar surface area (TPSA) is 84.6 Å². The number of sulfone groups is 1. The Morgan fingerprint density at radius 1 is 1.45 bits per heavy atom. The standard InChI is InChI=1S/C14H18N4O3S/c1-3-17(12-5-7-22(20,21)9-12)14(19)11-4-6-18-10(2)15-16-13(18)8-11/h4,6,8,12H,3,5,7,9H2,1-2H3. The second kappa shape index (κ2) is 5.35. The Hall–Kier alpha value is -1.96. The predicted molar refractivity (Wildman–Crippen MR) is 81.5 cm³/mol. The Labute approximate surface area is 128 Å². The monoisotopic (exact) mass is 322 g/mol. The number of fused-ring (bicyclic) bond motifs is 1. The molecule has 2 aromatic rings. The second-order valence-electron chi connectivity index (χ2n) is 5.54. The van der Waals surface area contributed by atoms with Gasteiger partial charge in [-0.05, 0) is 32.4 Å². The maximum atomic E-state index is 12.7. The summed E-state index contributed by atoms with van der Waals surface area (Å²) in [5.41, 5.74) is 1.12. The number of nitrogens with zero attached hydrogens (tertiary/aromatic N) is 4. The smallest absolute Gasteiger partial charge is 0.254 e. The third-order valence-electron chi connectivity index (χ3n) is 4.08. The van der Waals surface area contributed by atoms with Crippen LogP contribution in [0.25, 0.3) is 5.65 Å². The fraction of sp³-hybridized carbons (Fsp3) is 0.500. The number of rotatable bonds is 3. The van der Waals surface area contributed by atoms with Crippen LogP contribution in [0, 0.1) is 6.92 Å². The first kappa shape index (κ1) is 15.0. The maximum Gasteiger partial charge on any atom is 0.254 e. The molecule has 0 aliphatic carbocycles. The zero-order chi connectivity index (χ0) is 15.9. The maximum absolute atomic E-state index is 12.7. The van der Waals surface area contributed by atoms with Crippen molar-refractivity contribution in [3.05, 3.63) is 29.7 Å². The van der Waals surface area contributed by atoms with Crippen LogP contribution in [0.1, 0.15) is 29.5 Å². The van der Waals surface area contributed by atoms with E-state index in [-0.39, 0.29) is 23.5 Å². The van der Waals surface area contributed by atoms with Gasteiger partial charge in [-0.3, -0.25) is 9.20 Å². The molecule has 1 atom stereocenters. The van der Waals surface area contributed by atoms with Crippen LogP contribution in [0.5, 0.6) is 0 Å². The molecule has 1 aliphatic heterocycles. The molecule has 22 heavy (non-hydrogen) atoms. The van der Waals surface area contributed by atoms with E-state index in [1.165, 1.54) is 0 Å². The molecular weight excluding hydrogens is 304 g/mol. The van der Waals surface area contributed by atoms with Gasteiger partial charge in [0, 0.05) is 24.3 Å². The van der Waals surface area contributed by atoms with Crippen molar-refractivity contribution >= 4 is 21.4 Å².